The van der Waals surface area contributed by atoms with Crippen LogP contribution in [0, 0.1) is 5.92 Å². The average Bonchev–Trinajstić information content (AvgIpc) is 2.41. The Balaban J connectivity index is 2.53. The van der Waals surface area contributed by atoms with Crippen LogP contribution in [0.15, 0.2) is 72.5 Å². The van der Waals surface area contributed by atoms with Gasteiger partial charge in [-0.05, 0) is 23.1 Å². The van der Waals surface area contributed by atoms with E-state index >= 15 is 0 Å². The minimum atomic E-state index is 0.507. The van der Waals surface area contributed by atoms with Crippen LogP contribution < -0.4 is 0 Å². The molecule has 0 bridgehead atoms. The van der Waals surface area contributed by atoms with Gasteiger partial charge >= 0.3 is 0 Å². The molecule has 0 atom stereocenters. The molecule has 18 heavy (non-hydrogen) atoms. The van der Waals surface area contributed by atoms with Gasteiger partial charge in [-0.1, -0.05) is 74.5 Å². The molecule has 90 valence electrons. The van der Waals surface area contributed by atoms with Gasteiger partial charge in [0.2, 0.25) is 0 Å². The van der Waals surface area contributed by atoms with Gasteiger partial charge in [0.25, 0.3) is 0 Å². The Morgan fingerprint density at radius 1 is 0.833 bits per heavy atom. The maximum Gasteiger partial charge on any atom is 0.0306 e. The molecule has 2 aromatic carbocycles. The van der Waals surface area contributed by atoms with Gasteiger partial charge in [0.05, 0.1) is 0 Å². The summed E-state index contributed by atoms with van der Waals surface area (Å²) >= 11 is 0. The van der Waals surface area contributed by atoms with Gasteiger partial charge in [-0.15, -0.1) is 5.73 Å². The van der Waals surface area contributed by atoms with Gasteiger partial charge in [0.15, 0.2) is 0 Å². The van der Waals surface area contributed by atoms with Crippen molar-refractivity contribution in [3.05, 3.63) is 83.6 Å². The zero-order valence-corrected chi connectivity index (χ0v) is 10.9. The van der Waals surface area contributed by atoms with Crippen LogP contribution in [0.5, 0.6) is 0 Å². The van der Waals surface area contributed by atoms with E-state index in [9.17, 15) is 0 Å². The van der Waals surface area contributed by atoms with Crippen molar-refractivity contribution in [2.75, 3.05) is 0 Å². The molecule has 0 aliphatic rings. The second-order valence-corrected chi connectivity index (χ2v) is 4.66. The zero-order valence-electron chi connectivity index (χ0n) is 10.9. The summed E-state index contributed by atoms with van der Waals surface area (Å²) in [5, 5.41) is 0. The summed E-state index contributed by atoms with van der Waals surface area (Å²) in [6.07, 6.45) is 2.12. The molecule has 2 aromatic rings. The third-order valence-corrected chi connectivity index (χ3v) is 2.69. The Morgan fingerprint density at radius 2 is 1.28 bits per heavy atom. The van der Waals surface area contributed by atoms with E-state index in [0.29, 0.717) is 5.92 Å². The summed E-state index contributed by atoms with van der Waals surface area (Å²) in [6.45, 7) is 4.33. The lowest BCUT2D eigenvalue weighted by molar-refractivity contribution is 0.833. The number of allylic oxidation sites excluding steroid dienone is 1. The SMILES string of the molecule is CC(C)C=C=C(c1ccccc1)c1ccccc1. The first-order chi connectivity index (χ1) is 8.77. The summed E-state index contributed by atoms with van der Waals surface area (Å²) in [6, 6.07) is 20.9. The molecular formula is C18H18. The van der Waals surface area contributed by atoms with E-state index in [1.165, 1.54) is 11.1 Å². The summed E-state index contributed by atoms with van der Waals surface area (Å²) in [5.41, 5.74) is 7.02. The molecule has 0 spiro atoms. The van der Waals surface area contributed by atoms with Gasteiger partial charge in [-0.3, -0.25) is 0 Å². The van der Waals surface area contributed by atoms with Crippen LogP contribution in [-0.2, 0) is 0 Å². The molecule has 0 aromatic heterocycles. The first-order valence-corrected chi connectivity index (χ1v) is 6.35. The summed E-state index contributed by atoms with van der Waals surface area (Å²) in [5.74, 6) is 0.507. The number of benzene rings is 2. The molecule has 0 heteroatoms. The molecular weight excluding hydrogens is 216 g/mol. The Labute approximate surface area is 109 Å². The lowest BCUT2D eigenvalue weighted by Gasteiger charge is -2.05. The van der Waals surface area contributed by atoms with Crippen molar-refractivity contribution in [3.8, 4) is 0 Å². The van der Waals surface area contributed by atoms with E-state index in [1.807, 2.05) is 12.1 Å². The Morgan fingerprint density at radius 3 is 1.67 bits per heavy atom. The lowest BCUT2D eigenvalue weighted by Crippen LogP contribution is -1.86. The maximum atomic E-state index is 3.44. The Kier molecular flexibility index (Phi) is 4.17. The van der Waals surface area contributed by atoms with Crippen molar-refractivity contribution >= 4 is 5.57 Å². The van der Waals surface area contributed by atoms with E-state index in [4.69, 9.17) is 0 Å². The highest BCUT2D eigenvalue weighted by Crippen LogP contribution is 2.22. The molecule has 0 saturated heterocycles. The number of hydrogen-bond acceptors (Lipinski definition) is 0. The van der Waals surface area contributed by atoms with Crippen LogP contribution in [0.4, 0.5) is 0 Å². The smallest absolute Gasteiger partial charge is 0.0306 e. The van der Waals surface area contributed by atoms with Crippen molar-refractivity contribution < 1.29 is 0 Å². The first kappa shape index (κ1) is 12.4. The average molecular weight is 234 g/mol. The van der Waals surface area contributed by atoms with E-state index in [1.54, 1.807) is 0 Å². The highest BCUT2D eigenvalue weighted by atomic mass is 14.1. The van der Waals surface area contributed by atoms with Crippen LogP contribution in [0.1, 0.15) is 25.0 Å². The Bertz CT molecular complexity index is 500. The van der Waals surface area contributed by atoms with Gasteiger partial charge in [-0.2, -0.15) is 0 Å². The van der Waals surface area contributed by atoms with E-state index < -0.39 is 0 Å². The first-order valence-electron chi connectivity index (χ1n) is 6.35. The number of rotatable bonds is 3. The highest BCUT2D eigenvalue weighted by Gasteiger charge is 2.02. The maximum absolute atomic E-state index is 3.44. The van der Waals surface area contributed by atoms with E-state index in [-0.39, 0.29) is 0 Å². The minimum absolute atomic E-state index is 0.507. The summed E-state index contributed by atoms with van der Waals surface area (Å²) < 4.78 is 0. The Hall–Kier alpha value is -2.04. The standard InChI is InChI=1S/C18H18/c1-15(2)13-14-18(16-9-5-3-6-10-16)17-11-7-4-8-12-17/h3-13,15H,1-2H3. The fraction of sp³-hybridized carbons (Fsp3) is 0.167. The molecule has 0 fully saturated rings. The molecule has 0 nitrogen and oxygen atoms in total. The predicted octanol–water partition coefficient (Wildman–Crippen LogP) is 4.93. The normalized spacial score (nSPS) is 9.94. The van der Waals surface area contributed by atoms with Crippen LogP contribution in [0.25, 0.3) is 5.57 Å². The minimum Gasteiger partial charge on any atom is -0.116 e. The predicted molar refractivity (Wildman–Crippen MR) is 78.3 cm³/mol. The molecule has 0 N–H and O–H groups in total. The molecule has 0 radical (unpaired) electrons. The van der Waals surface area contributed by atoms with Crippen molar-refractivity contribution in [2.24, 2.45) is 5.92 Å². The quantitative estimate of drug-likeness (QED) is 0.661. The number of hydrogen-bond donors (Lipinski definition) is 0. The summed E-state index contributed by atoms with van der Waals surface area (Å²) in [4.78, 5) is 0. The van der Waals surface area contributed by atoms with Gasteiger partial charge in [0, 0.05) is 5.57 Å². The third kappa shape index (κ3) is 3.23. The van der Waals surface area contributed by atoms with Crippen molar-refractivity contribution in [1.29, 1.82) is 0 Å². The second-order valence-electron chi connectivity index (χ2n) is 4.66. The van der Waals surface area contributed by atoms with E-state index in [0.717, 1.165) is 5.57 Å². The van der Waals surface area contributed by atoms with Crippen LogP contribution in [0.3, 0.4) is 0 Å². The monoisotopic (exact) mass is 234 g/mol. The van der Waals surface area contributed by atoms with Crippen LogP contribution >= 0.6 is 0 Å². The van der Waals surface area contributed by atoms with Gasteiger partial charge in [0.1, 0.15) is 0 Å². The van der Waals surface area contributed by atoms with Gasteiger partial charge < -0.3 is 0 Å². The molecule has 0 aliphatic carbocycles. The molecule has 0 aliphatic heterocycles. The highest BCUT2D eigenvalue weighted by molar-refractivity contribution is 5.79. The molecule has 0 amide bonds. The zero-order chi connectivity index (χ0) is 12.8. The fourth-order valence-corrected chi connectivity index (χ4v) is 1.79. The van der Waals surface area contributed by atoms with Crippen LogP contribution in [0.2, 0.25) is 0 Å². The van der Waals surface area contributed by atoms with Crippen molar-refractivity contribution in [1.82, 2.24) is 0 Å². The molecule has 0 unspecified atom stereocenters. The van der Waals surface area contributed by atoms with Crippen molar-refractivity contribution in [2.45, 2.75) is 13.8 Å². The lowest BCUT2D eigenvalue weighted by atomic mass is 9.98. The molecule has 0 saturated carbocycles. The van der Waals surface area contributed by atoms with Gasteiger partial charge in [-0.25, -0.2) is 0 Å². The van der Waals surface area contributed by atoms with Crippen LogP contribution in [-0.4, -0.2) is 0 Å². The summed E-state index contributed by atoms with van der Waals surface area (Å²) in [7, 11) is 0. The fourth-order valence-electron chi connectivity index (χ4n) is 1.79. The van der Waals surface area contributed by atoms with Crippen molar-refractivity contribution in [3.63, 3.8) is 0 Å². The largest absolute Gasteiger partial charge is 0.116 e. The second kappa shape index (κ2) is 6.05. The third-order valence-electron chi connectivity index (χ3n) is 2.69. The topological polar surface area (TPSA) is 0 Å². The van der Waals surface area contributed by atoms with E-state index in [2.05, 4.69) is 74.2 Å². The molecule has 0 heterocycles. The molecule has 2 rings (SSSR count).